The summed E-state index contributed by atoms with van der Waals surface area (Å²) in [6, 6.07) is 9.62. The molecule has 0 aliphatic heterocycles. The molecule has 4 nitrogen and oxygen atoms in total. The summed E-state index contributed by atoms with van der Waals surface area (Å²) in [5.41, 5.74) is 2.60. The van der Waals surface area contributed by atoms with E-state index in [2.05, 4.69) is 0 Å². The summed E-state index contributed by atoms with van der Waals surface area (Å²) in [6.45, 7) is 3.18. The van der Waals surface area contributed by atoms with Crippen LogP contribution in [0.25, 0.3) is 10.9 Å². The van der Waals surface area contributed by atoms with Crippen LogP contribution in [0.2, 0.25) is 0 Å². The summed E-state index contributed by atoms with van der Waals surface area (Å²) in [6.07, 6.45) is 3.35. The maximum Gasteiger partial charge on any atom is 0.270 e. The molecule has 1 aromatic heterocycles. The van der Waals surface area contributed by atoms with E-state index in [0.717, 1.165) is 35.4 Å². The minimum absolute atomic E-state index is 0.0299. The van der Waals surface area contributed by atoms with Crippen LogP contribution in [0.5, 0.6) is 11.5 Å². The predicted molar refractivity (Wildman–Crippen MR) is 99.7 cm³/mol. The highest BCUT2D eigenvalue weighted by molar-refractivity contribution is 5.85. The molecule has 0 bridgehead atoms. The molecule has 0 aliphatic rings. The van der Waals surface area contributed by atoms with Crippen molar-refractivity contribution in [2.45, 2.75) is 32.7 Å². The fourth-order valence-electron chi connectivity index (χ4n) is 3.15. The van der Waals surface area contributed by atoms with Crippen LogP contribution in [-0.4, -0.2) is 22.6 Å². The van der Waals surface area contributed by atoms with E-state index in [9.17, 15) is 18.7 Å². The Kier molecular flexibility index (Phi) is 5.17. The highest BCUT2D eigenvalue weighted by atomic mass is 19.3. The number of aldehydes is 1. The predicted octanol–water partition coefficient (Wildman–Crippen LogP) is 4.65. The van der Waals surface area contributed by atoms with E-state index in [4.69, 9.17) is 4.74 Å². The number of nitrogens with zero attached hydrogens (tertiary/aromatic N) is 1. The standard InChI is InChI=1S/C21H21F2NO3/c1-3-15-13-24(18-11-16(21(2,22)23)5-6-17(15)18)12-14-4-7-19(26)20(10-14)27-9-8-25/h4-8,10-11,13,26H,3,9,12H2,1-2H3. The average Bonchev–Trinajstić information content (AvgIpc) is 2.98. The van der Waals surface area contributed by atoms with E-state index in [-0.39, 0.29) is 23.7 Å². The number of aromatic nitrogens is 1. The molecule has 27 heavy (non-hydrogen) atoms. The lowest BCUT2D eigenvalue weighted by Crippen LogP contribution is -2.07. The first-order valence-corrected chi connectivity index (χ1v) is 8.72. The summed E-state index contributed by atoms with van der Waals surface area (Å²) in [5.74, 6) is -2.75. The van der Waals surface area contributed by atoms with Crippen molar-refractivity contribution in [2.24, 2.45) is 0 Å². The van der Waals surface area contributed by atoms with Gasteiger partial charge in [-0.1, -0.05) is 25.1 Å². The molecule has 0 spiro atoms. The number of aromatic hydroxyl groups is 1. The number of carbonyl (C=O) groups excluding carboxylic acids is 1. The Morgan fingerprint density at radius 2 is 2.00 bits per heavy atom. The van der Waals surface area contributed by atoms with E-state index >= 15 is 0 Å². The lowest BCUT2D eigenvalue weighted by atomic mass is 10.1. The number of rotatable bonds is 7. The van der Waals surface area contributed by atoms with Gasteiger partial charge in [-0.15, -0.1) is 0 Å². The lowest BCUT2D eigenvalue weighted by molar-refractivity contribution is -0.109. The van der Waals surface area contributed by atoms with Crippen molar-refractivity contribution in [1.29, 1.82) is 0 Å². The van der Waals surface area contributed by atoms with E-state index < -0.39 is 5.92 Å². The van der Waals surface area contributed by atoms with Crippen LogP contribution in [0.1, 0.15) is 30.5 Å². The summed E-state index contributed by atoms with van der Waals surface area (Å²) in [5, 5.41) is 10.8. The molecule has 3 aromatic rings. The third-order valence-electron chi connectivity index (χ3n) is 4.54. The highest BCUT2D eigenvalue weighted by Crippen LogP contribution is 2.33. The quantitative estimate of drug-likeness (QED) is 0.614. The highest BCUT2D eigenvalue weighted by Gasteiger charge is 2.25. The molecule has 0 radical (unpaired) electrons. The minimum atomic E-state index is -2.91. The lowest BCUT2D eigenvalue weighted by Gasteiger charge is -2.13. The Morgan fingerprint density at radius 3 is 2.67 bits per heavy atom. The van der Waals surface area contributed by atoms with Crippen LogP contribution in [0, 0.1) is 0 Å². The molecule has 142 valence electrons. The van der Waals surface area contributed by atoms with Gasteiger partial charge in [0.15, 0.2) is 17.8 Å². The number of phenolic OH excluding ortho intramolecular Hbond substituents is 1. The summed E-state index contributed by atoms with van der Waals surface area (Å²) in [7, 11) is 0. The van der Waals surface area contributed by atoms with Crippen molar-refractivity contribution in [1.82, 2.24) is 4.57 Å². The normalized spacial score (nSPS) is 11.7. The maximum atomic E-state index is 13.8. The van der Waals surface area contributed by atoms with Crippen molar-refractivity contribution in [2.75, 3.05) is 6.61 Å². The molecule has 3 rings (SSSR count). The second-order valence-corrected chi connectivity index (χ2v) is 6.54. The third-order valence-corrected chi connectivity index (χ3v) is 4.54. The van der Waals surface area contributed by atoms with Gasteiger partial charge in [0.25, 0.3) is 5.92 Å². The number of carbonyl (C=O) groups is 1. The molecular weight excluding hydrogens is 352 g/mol. The van der Waals surface area contributed by atoms with Crippen molar-refractivity contribution >= 4 is 17.2 Å². The van der Waals surface area contributed by atoms with Gasteiger partial charge in [-0.05, 0) is 35.7 Å². The monoisotopic (exact) mass is 373 g/mol. The first-order chi connectivity index (χ1) is 12.8. The van der Waals surface area contributed by atoms with Crippen molar-refractivity contribution in [3.8, 4) is 11.5 Å². The van der Waals surface area contributed by atoms with Crippen LogP contribution < -0.4 is 4.74 Å². The minimum Gasteiger partial charge on any atom is -0.504 e. The molecule has 0 fully saturated rings. The first kappa shape index (κ1) is 18.9. The van der Waals surface area contributed by atoms with Crippen LogP contribution in [0.15, 0.2) is 42.6 Å². The van der Waals surface area contributed by atoms with Crippen LogP contribution in [0.4, 0.5) is 8.78 Å². The van der Waals surface area contributed by atoms with Gasteiger partial charge >= 0.3 is 0 Å². The molecule has 1 N–H and O–H groups in total. The molecule has 0 amide bonds. The molecule has 6 heteroatoms. The Morgan fingerprint density at radius 1 is 1.22 bits per heavy atom. The Hall–Kier alpha value is -2.89. The number of hydrogen-bond acceptors (Lipinski definition) is 3. The van der Waals surface area contributed by atoms with Gasteiger partial charge < -0.3 is 14.4 Å². The molecule has 0 atom stereocenters. The SMILES string of the molecule is CCc1cn(Cc2ccc(O)c(OCC=O)c2)c2cc(C(C)(F)F)ccc12. The van der Waals surface area contributed by atoms with Crippen LogP contribution in [0.3, 0.4) is 0 Å². The van der Waals surface area contributed by atoms with Gasteiger partial charge in [0.05, 0.1) is 0 Å². The number of aryl methyl sites for hydroxylation is 1. The summed E-state index contributed by atoms with van der Waals surface area (Å²) in [4.78, 5) is 10.5. The molecule has 0 saturated heterocycles. The van der Waals surface area contributed by atoms with Gasteiger partial charge in [-0.3, -0.25) is 4.79 Å². The van der Waals surface area contributed by atoms with Gasteiger partial charge in [-0.25, -0.2) is 8.78 Å². The molecule has 2 aromatic carbocycles. The Balaban J connectivity index is 2.02. The molecule has 1 heterocycles. The summed E-state index contributed by atoms with van der Waals surface area (Å²) >= 11 is 0. The second kappa shape index (κ2) is 7.39. The topological polar surface area (TPSA) is 51.5 Å². The van der Waals surface area contributed by atoms with Gasteiger partial charge in [0.1, 0.15) is 6.61 Å². The van der Waals surface area contributed by atoms with Crippen molar-refractivity contribution in [3.05, 3.63) is 59.3 Å². The number of alkyl halides is 2. The maximum absolute atomic E-state index is 13.8. The fourth-order valence-corrected chi connectivity index (χ4v) is 3.15. The number of phenols is 1. The number of ether oxygens (including phenoxy) is 1. The molecule has 0 aliphatic carbocycles. The zero-order valence-corrected chi connectivity index (χ0v) is 15.2. The van der Waals surface area contributed by atoms with E-state index in [0.29, 0.717) is 12.8 Å². The smallest absolute Gasteiger partial charge is 0.270 e. The van der Waals surface area contributed by atoms with Crippen molar-refractivity contribution < 1.29 is 23.4 Å². The van der Waals surface area contributed by atoms with Gasteiger partial charge in [0, 0.05) is 36.1 Å². The first-order valence-electron chi connectivity index (χ1n) is 8.72. The zero-order chi connectivity index (χ0) is 19.6. The van der Waals surface area contributed by atoms with Gasteiger partial charge in [-0.2, -0.15) is 0 Å². The van der Waals surface area contributed by atoms with Crippen LogP contribution in [-0.2, 0) is 23.7 Å². The van der Waals surface area contributed by atoms with Crippen molar-refractivity contribution in [3.63, 3.8) is 0 Å². The third kappa shape index (κ3) is 3.94. The fraction of sp³-hybridized carbons (Fsp3) is 0.286. The number of hydrogen-bond donors (Lipinski definition) is 1. The zero-order valence-electron chi connectivity index (χ0n) is 15.2. The molecule has 0 unspecified atom stereocenters. The summed E-state index contributed by atoms with van der Waals surface area (Å²) < 4.78 is 34.7. The van der Waals surface area contributed by atoms with Gasteiger partial charge in [0.2, 0.25) is 0 Å². The van der Waals surface area contributed by atoms with E-state index in [1.165, 1.54) is 18.2 Å². The number of halogens is 2. The molecule has 0 saturated carbocycles. The Bertz CT molecular complexity index is 973. The number of benzene rings is 2. The van der Waals surface area contributed by atoms with E-state index in [1.54, 1.807) is 18.2 Å². The number of fused-ring (bicyclic) bond motifs is 1. The Labute approximate surface area is 156 Å². The average molecular weight is 373 g/mol. The van der Waals surface area contributed by atoms with E-state index in [1.807, 2.05) is 17.7 Å². The largest absolute Gasteiger partial charge is 0.504 e. The molecular formula is C21H21F2NO3. The van der Waals surface area contributed by atoms with Crippen LogP contribution >= 0.6 is 0 Å². The second-order valence-electron chi connectivity index (χ2n) is 6.54.